The predicted octanol–water partition coefficient (Wildman–Crippen LogP) is 5.90. The number of carbonyl (C=O) groups excluding carboxylic acids is 2. The summed E-state index contributed by atoms with van der Waals surface area (Å²) in [6.07, 6.45) is 6.19. The fourth-order valence-corrected chi connectivity index (χ4v) is 5.80. The number of nitrogens with zero attached hydrogens (tertiary/aromatic N) is 3. The third-order valence-corrected chi connectivity index (χ3v) is 8.10. The number of hydrogen-bond donors (Lipinski definition) is 2. The lowest BCUT2D eigenvalue weighted by atomic mass is 10.1. The summed E-state index contributed by atoms with van der Waals surface area (Å²) in [4.78, 5) is 41.6. The minimum absolute atomic E-state index is 0.0965. The molecule has 7 heteroatoms. The zero-order valence-electron chi connectivity index (χ0n) is 22.9. The van der Waals surface area contributed by atoms with Gasteiger partial charge in [-0.1, -0.05) is 61.5 Å². The number of amides is 1. The molecule has 40 heavy (non-hydrogen) atoms. The fourth-order valence-electron chi connectivity index (χ4n) is 5.80. The first-order valence-electron chi connectivity index (χ1n) is 14.2. The molecule has 204 valence electrons. The van der Waals surface area contributed by atoms with E-state index in [4.69, 9.17) is 4.98 Å². The smallest absolute Gasteiger partial charge is 0.227 e. The first-order valence-corrected chi connectivity index (χ1v) is 14.2. The maximum absolute atomic E-state index is 13.8. The lowest BCUT2D eigenvalue weighted by molar-refractivity contribution is -0.135. The maximum Gasteiger partial charge on any atom is 0.227 e. The third-order valence-electron chi connectivity index (χ3n) is 8.10. The summed E-state index contributed by atoms with van der Waals surface area (Å²) >= 11 is 0. The van der Waals surface area contributed by atoms with Gasteiger partial charge in [0.2, 0.25) is 5.91 Å². The van der Waals surface area contributed by atoms with Gasteiger partial charge in [-0.2, -0.15) is 0 Å². The molecule has 5 aromatic rings. The lowest BCUT2D eigenvalue weighted by Crippen LogP contribution is -2.51. The Morgan fingerprint density at radius 1 is 1.00 bits per heavy atom. The Bertz CT molecular complexity index is 1650. The standard InChI is InChI=1S/C33H35N5O2/c1-2-27(39)10-7-15-37-16-17-38(32(40)19-26-20-34-29-12-6-5-11-28(26)29)31(22-37)33-35-21-30(36-33)25-14-13-23-8-3-4-9-24(23)18-25/h3-6,8-9,11-14,18,20-21,31,34H,2,7,10,15-17,19,22H2,1H3,(H,35,36)/t31-/m1/s1. The molecule has 1 aliphatic heterocycles. The molecule has 1 saturated heterocycles. The van der Waals surface area contributed by atoms with Crippen LogP contribution in [0.1, 0.15) is 43.6 Å². The minimum Gasteiger partial charge on any atom is -0.361 e. The quantitative estimate of drug-likeness (QED) is 0.247. The summed E-state index contributed by atoms with van der Waals surface area (Å²) in [5, 5.41) is 3.46. The number of fused-ring (bicyclic) bond motifs is 2. The predicted molar refractivity (Wildman–Crippen MR) is 159 cm³/mol. The molecule has 7 nitrogen and oxygen atoms in total. The Balaban J connectivity index is 1.25. The van der Waals surface area contributed by atoms with Crippen LogP contribution in [0.3, 0.4) is 0 Å². The number of H-pyrrole nitrogens is 2. The first-order chi connectivity index (χ1) is 19.6. The largest absolute Gasteiger partial charge is 0.361 e. The van der Waals surface area contributed by atoms with Crippen LogP contribution < -0.4 is 0 Å². The first kappa shape index (κ1) is 26.0. The number of benzene rings is 3. The number of nitrogens with one attached hydrogen (secondary N) is 2. The van der Waals surface area contributed by atoms with E-state index in [9.17, 15) is 9.59 Å². The molecule has 0 saturated carbocycles. The highest BCUT2D eigenvalue weighted by molar-refractivity contribution is 5.89. The van der Waals surface area contributed by atoms with Gasteiger partial charge in [0.1, 0.15) is 17.6 Å². The highest BCUT2D eigenvalue weighted by Crippen LogP contribution is 2.29. The Hall–Kier alpha value is -4.23. The second-order valence-corrected chi connectivity index (χ2v) is 10.7. The Labute approximate surface area is 234 Å². The van der Waals surface area contributed by atoms with Crippen LogP contribution in [0.4, 0.5) is 0 Å². The summed E-state index contributed by atoms with van der Waals surface area (Å²) in [5.74, 6) is 1.19. The van der Waals surface area contributed by atoms with E-state index in [2.05, 4.69) is 51.3 Å². The normalized spacial score (nSPS) is 16.1. The zero-order valence-corrected chi connectivity index (χ0v) is 22.9. The summed E-state index contributed by atoms with van der Waals surface area (Å²) in [6, 6.07) is 22.6. The van der Waals surface area contributed by atoms with Gasteiger partial charge in [0, 0.05) is 55.1 Å². The van der Waals surface area contributed by atoms with Crippen molar-refractivity contribution in [3.8, 4) is 11.3 Å². The van der Waals surface area contributed by atoms with Crippen molar-refractivity contribution < 1.29 is 9.59 Å². The summed E-state index contributed by atoms with van der Waals surface area (Å²) in [7, 11) is 0. The molecule has 1 aliphatic rings. The van der Waals surface area contributed by atoms with Gasteiger partial charge in [-0.15, -0.1) is 0 Å². The fraction of sp³-hybridized carbons (Fsp3) is 0.303. The monoisotopic (exact) mass is 533 g/mol. The van der Waals surface area contributed by atoms with Gasteiger partial charge in [-0.3, -0.25) is 14.5 Å². The second kappa shape index (κ2) is 11.5. The summed E-state index contributed by atoms with van der Waals surface area (Å²) < 4.78 is 0. The van der Waals surface area contributed by atoms with Gasteiger partial charge in [-0.25, -0.2) is 4.98 Å². The molecule has 3 heterocycles. The number of aromatic amines is 2. The molecule has 0 aliphatic carbocycles. The van der Waals surface area contributed by atoms with E-state index in [0.29, 0.717) is 38.1 Å². The van der Waals surface area contributed by atoms with E-state index < -0.39 is 0 Å². The Morgan fingerprint density at radius 2 is 1.82 bits per heavy atom. The molecule has 2 N–H and O–H groups in total. The molecular formula is C33H35N5O2. The number of rotatable bonds is 9. The number of para-hydroxylation sites is 1. The van der Waals surface area contributed by atoms with Crippen LogP contribution in [0.25, 0.3) is 32.9 Å². The highest BCUT2D eigenvalue weighted by Gasteiger charge is 2.33. The summed E-state index contributed by atoms with van der Waals surface area (Å²) in [5.41, 5.74) is 4.06. The average Bonchev–Trinajstić information content (AvgIpc) is 3.65. The van der Waals surface area contributed by atoms with E-state index in [-0.39, 0.29) is 11.9 Å². The molecule has 1 fully saturated rings. The molecule has 0 unspecified atom stereocenters. The SMILES string of the molecule is CCC(=O)CCCN1CCN(C(=O)Cc2c[nH]c3ccccc23)[C@@H](c2ncc(-c3ccc4ccccc4c3)[nH]2)C1. The van der Waals surface area contributed by atoms with Crippen LogP contribution in [0.5, 0.6) is 0 Å². The number of imidazole rings is 1. The number of carbonyl (C=O) groups is 2. The Kier molecular flexibility index (Phi) is 7.47. The Morgan fingerprint density at radius 3 is 2.70 bits per heavy atom. The van der Waals surface area contributed by atoms with Crippen molar-refractivity contribution in [1.29, 1.82) is 0 Å². The van der Waals surface area contributed by atoms with Crippen molar-refractivity contribution in [2.24, 2.45) is 0 Å². The van der Waals surface area contributed by atoms with E-state index in [1.54, 1.807) is 0 Å². The van der Waals surface area contributed by atoms with Crippen molar-refractivity contribution in [3.05, 3.63) is 90.5 Å². The zero-order chi connectivity index (χ0) is 27.5. The molecular weight excluding hydrogens is 498 g/mol. The average molecular weight is 534 g/mol. The van der Waals surface area contributed by atoms with Gasteiger partial charge in [0.15, 0.2) is 0 Å². The van der Waals surface area contributed by atoms with E-state index in [0.717, 1.165) is 53.1 Å². The minimum atomic E-state index is -0.192. The van der Waals surface area contributed by atoms with Gasteiger partial charge in [0.25, 0.3) is 0 Å². The highest BCUT2D eigenvalue weighted by atomic mass is 16.2. The number of hydrogen-bond acceptors (Lipinski definition) is 4. The van der Waals surface area contributed by atoms with Crippen LogP contribution >= 0.6 is 0 Å². The molecule has 6 rings (SSSR count). The topological polar surface area (TPSA) is 85.1 Å². The van der Waals surface area contributed by atoms with Crippen LogP contribution in [-0.4, -0.2) is 62.6 Å². The van der Waals surface area contributed by atoms with Crippen LogP contribution in [-0.2, 0) is 16.0 Å². The summed E-state index contributed by atoms with van der Waals surface area (Å²) in [6.45, 7) is 4.85. The van der Waals surface area contributed by atoms with Crippen LogP contribution in [0, 0.1) is 0 Å². The van der Waals surface area contributed by atoms with Gasteiger partial charge in [-0.05, 0) is 41.4 Å². The van der Waals surface area contributed by atoms with Crippen LogP contribution in [0.15, 0.2) is 79.1 Å². The molecule has 0 bridgehead atoms. The van der Waals surface area contributed by atoms with Crippen molar-refractivity contribution in [3.63, 3.8) is 0 Å². The van der Waals surface area contributed by atoms with Crippen molar-refractivity contribution in [2.45, 2.75) is 38.6 Å². The molecule has 3 aromatic carbocycles. The lowest BCUT2D eigenvalue weighted by Gasteiger charge is -2.40. The molecule has 1 amide bonds. The van der Waals surface area contributed by atoms with Crippen LogP contribution in [0.2, 0.25) is 0 Å². The van der Waals surface area contributed by atoms with Crippen molar-refractivity contribution in [2.75, 3.05) is 26.2 Å². The number of ketones is 1. The van der Waals surface area contributed by atoms with E-state index >= 15 is 0 Å². The van der Waals surface area contributed by atoms with Crippen molar-refractivity contribution >= 4 is 33.4 Å². The van der Waals surface area contributed by atoms with E-state index in [1.165, 1.54) is 10.8 Å². The van der Waals surface area contributed by atoms with Crippen molar-refractivity contribution in [1.82, 2.24) is 24.8 Å². The van der Waals surface area contributed by atoms with E-state index in [1.807, 2.05) is 54.5 Å². The van der Waals surface area contributed by atoms with Gasteiger partial charge >= 0.3 is 0 Å². The molecule has 2 aromatic heterocycles. The van der Waals surface area contributed by atoms with Gasteiger partial charge < -0.3 is 14.9 Å². The molecule has 0 radical (unpaired) electrons. The number of Topliss-reactive ketones (excluding diaryl/α,β-unsaturated/α-hetero) is 1. The molecule has 0 spiro atoms. The number of aromatic nitrogens is 3. The number of piperazine rings is 1. The molecule has 1 atom stereocenters. The second-order valence-electron chi connectivity index (χ2n) is 10.7. The maximum atomic E-state index is 13.8. The van der Waals surface area contributed by atoms with Gasteiger partial charge in [0.05, 0.1) is 18.3 Å². The third kappa shape index (κ3) is 5.42.